The van der Waals surface area contributed by atoms with E-state index in [9.17, 15) is 9.18 Å². The quantitative estimate of drug-likeness (QED) is 0.939. The Bertz CT molecular complexity index is 686. The number of pyridine rings is 1. The highest BCUT2D eigenvalue weighted by Gasteiger charge is 2.28. The Morgan fingerprint density at radius 1 is 1.32 bits per heavy atom. The van der Waals surface area contributed by atoms with Crippen molar-refractivity contribution in [1.29, 1.82) is 0 Å². The van der Waals surface area contributed by atoms with Crippen LogP contribution in [0.2, 0.25) is 0 Å². The summed E-state index contributed by atoms with van der Waals surface area (Å²) in [4.78, 5) is 21.2. The van der Waals surface area contributed by atoms with E-state index < -0.39 is 6.10 Å². The Hall–Kier alpha value is -2.76. The minimum atomic E-state index is -0.656. The fourth-order valence-corrected chi connectivity index (χ4v) is 2.14. The Labute approximate surface area is 126 Å². The normalized spacial score (nSPS) is 16.8. The number of amides is 1. The molecular weight excluding hydrogens is 285 g/mol. The summed E-state index contributed by atoms with van der Waals surface area (Å²) in [5.41, 5.74) is 2.30. The standard InChI is InChI=1S/C16H14FN3O2/c17-13-5-3-12(4-6-13)14-8-15(22-20-14)16(21)19-10-11-2-1-7-18-9-11/h1-7,9,15H,8,10H2,(H,19,21)/t15-/m1/s1. The van der Waals surface area contributed by atoms with Gasteiger partial charge in [-0.3, -0.25) is 9.78 Å². The van der Waals surface area contributed by atoms with Gasteiger partial charge in [0.25, 0.3) is 5.91 Å². The second-order valence-corrected chi connectivity index (χ2v) is 4.92. The van der Waals surface area contributed by atoms with E-state index in [4.69, 9.17) is 4.84 Å². The largest absolute Gasteiger partial charge is 0.382 e. The lowest BCUT2D eigenvalue weighted by molar-refractivity contribution is -0.131. The lowest BCUT2D eigenvalue weighted by Crippen LogP contribution is -2.34. The summed E-state index contributed by atoms with van der Waals surface area (Å²) >= 11 is 0. The number of benzene rings is 1. The predicted molar refractivity (Wildman–Crippen MR) is 78.5 cm³/mol. The lowest BCUT2D eigenvalue weighted by atomic mass is 10.0. The van der Waals surface area contributed by atoms with Crippen molar-refractivity contribution in [3.63, 3.8) is 0 Å². The van der Waals surface area contributed by atoms with E-state index in [-0.39, 0.29) is 11.7 Å². The molecule has 6 heteroatoms. The van der Waals surface area contributed by atoms with E-state index in [1.54, 1.807) is 24.5 Å². The number of carbonyl (C=O) groups is 1. The maximum atomic E-state index is 12.9. The monoisotopic (exact) mass is 299 g/mol. The summed E-state index contributed by atoms with van der Waals surface area (Å²) in [5.74, 6) is -0.543. The average molecular weight is 299 g/mol. The van der Waals surface area contributed by atoms with Crippen LogP contribution in [0.25, 0.3) is 0 Å². The molecule has 0 bridgehead atoms. The topological polar surface area (TPSA) is 63.6 Å². The van der Waals surface area contributed by atoms with Crippen LogP contribution in [-0.2, 0) is 16.2 Å². The molecule has 1 aromatic carbocycles. The van der Waals surface area contributed by atoms with Crippen LogP contribution in [0.15, 0.2) is 53.9 Å². The van der Waals surface area contributed by atoms with Crippen molar-refractivity contribution in [2.45, 2.75) is 19.1 Å². The average Bonchev–Trinajstić information content (AvgIpc) is 3.04. The van der Waals surface area contributed by atoms with Crippen molar-refractivity contribution in [2.24, 2.45) is 5.16 Å². The van der Waals surface area contributed by atoms with Crippen LogP contribution < -0.4 is 5.32 Å². The van der Waals surface area contributed by atoms with Gasteiger partial charge in [0.15, 0.2) is 0 Å². The van der Waals surface area contributed by atoms with Gasteiger partial charge in [-0.15, -0.1) is 0 Å². The summed E-state index contributed by atoms with van der Waals surface area (Å²) in [7, 11) is 0. The highest BCUT2D eigenvalue weighted by molar-refractivity contribution is 6.04. The summed E-state index contributed by atoms with van der Waals surface area (Å²) < 4.78 is 12.9. The molecule has 3 rings (SSSR count). The number of hydrogen-bond acceptors (Lipinski definition) is 4. The van der Waals surface area contributed by atoms with Gasteiger partial charge in [-0.25, -0.2) is 4.39 Å². The molecule has 1 aliphatic heterocycles. The van der Waals surface area contributed by atoms with Gasteiger partial charge < -0.3 is 10.2 Å². The molecule has 0 radical (unpaired) electrons. The molecule has 0 saturated carbocycles. The highest BCUT2D eigenvalue weighted by Crippen LogP contribution is 2.17. The van der Waals surface area contributed by atoms with Crippen LogP contribution in [0.1, 0.15) is 17.5 Å². The van der Waals surface area contributed by atoms with Crippen LogP contribution in [0.4, 0.5) is 4.39 Å². The molecule has 1 aromatic heterocycles. The third-order valence-electron chi connectivity index (χ3n) is 3.33. The summed E-state index contributed by atoms with van der Waals surface area (Å²) in [6.45, 7) is 0.387. The van der Waals surface area contributed by atoms with Crippen molar-refractivity contribution < 1.29 is 14.0 Å². The van der Waals surface area contributed by atoms with E-state index >= 15 is 0 Å². The number of aromatic nitrogens is 1. The molecule has 0 unspecified atom stereocenters. The van der Waals surface area contributed by atoms with Crippen LogP contribution in [0.3, 0.4) is 0 Å². The molecule has 0 spiro atoms. The molecule has 0 fully saturated rings. The van der Waals surface area contributed by atoms with Gasteiger partial charge >= 0.3 is 0 Å². The molecule has 22 heavy (non-hydrogen) atoms. The van der Waals surface area contributed by atoms with Crippen molar-refractivity contribution in [3.05, 3.63) is 65.7 Å². The Morgan fingerprint density at radius 3 is 2.86 bits per heavy atom. The molecule has 1 amide bonds. The first-order chi connectivity index (χ1) is 10.7. The number of oxime groups is 1. The number of hydrogen-bond donors (Lipinski definition) is 1. The Kier molecular flexibility index (Phi) is 4.09. The van der Waals surface area contributed by atoms with Crippen LogP contribution in [0, 0.1) is 5.82 Å². The van der Waals surface area contributed by atoms with Crippen molar-refractivity contribution in [2.75, 3.05) is 0 Å². The lowest BCUT2D eigenvalue weighted by Gasteiger charge is -2.09. The second-order valence-electron chi connectivity index (χ2n) is 4.92. The van der Waals surface area contributed by atoms with Crippen LogP contribution in [-0.4, -0.2) is 22.7 Å². The van der Waals surface area contributed by atoms with Gasteiger partial charge in [0.05, 0.1) is 5.71 Å². The van der Waals surface area contributed by atoms with E-state index in [0.29, 0.717) is 18.7 Å². The molecule has 1 N–H and O–H groups in total. The SMILES string of the molecule is O=C(NCc1cccnc1)[C@H]1CC(c2ccc(F)cc2)=NO1. The molecule has 5 nitrogen and oxygen atoms in total. The fourth-order valence-electron chi connectivity index (χ4n) is 2.14. The number of rotatable bonds is 4. The third-order valence-corrected chi connectivity index (χ3v) is 3.33. The zero-order valence-corrected chi connectivity index (χ0v) is 11.7. The molecular formula is C16H14FN3O2. The molecule has 0 saturated heterocycles. The van der Waals surface area contributed by atoms with Crippen LogP contribution >= 0.6 is 0 Å². The predicted octanol–water partition coefficient (Wildman–Crippen LogP) is 2.03. The maximum Gasteiger partial charge on any atom is 0.264 e. The first-order valence-electron chi connectivity index (χ1n) is 6.87. The zero-order valence-electron chi connectivity index (χ0n) is 11.7. The van der Waals surface area contributed by atoms with E-state index in [0.717, 1.165) is 11.1 Å². The first-order valence-corrected chi connectivity index (χ1v) is 6.87. The number of carbonyl (C=O) groups excluding carboxylic acids is 1. The summed E-state index contributed by atoms with van der Waals surface area (Å²) in [6.07, 6.45) is 3.08. The van der Waals surface area contributed by atoms with E-state index in [1.807, 2.05) is 12.1 Å². The number of halogens is 1. The number of nitrogens with zero attached hydrogens (tertiary/aromatic N) is 2. The Balaban J connectivity index is 1.55. The van der Waals surface area contributed by atoms with Gasteiger partial charge in [0.1, 0.15) is 5.82 Å². The Morgan fingerprint density at radius 2 is 2.14 bits per heavy atom. The summed E-state index contributed by atoms with van der Waals surface area (Å²) in [5, 5.41) is 6.70. The zero-order chi connectivity index (χ0) is 15.4. The van der Waals surface area contributed by atoms with Gasteiger partial charge in [-0.05, 0) is 29.3 Å². The van der Waals surface area contributed by atoms with Crippen molar-refractivity contribution >= 4 is 11.6 Å². The molecule has 1 atom stereocenters. The van der Waals surface area contributed by atoms with Gasteiger partial charge in [-0.2, -0.15) is 0 Å². The minimum absolute atomic E-state index is 0.232. The second kappa shape index (κ2) is 6.34. The minimum Gasteiger partial charge on any atom is -0.382 e. The van der Waals surface area contributed by atoms with Gasteiger partial charge in [0.2, 0.25) is 6.10 Å². The van der Waals surface area contributed by atoms with Crippen LogP contribution in [0.5, 0.6) is 0 Å². The molecule has 2 aromatic rings. The smallest absolute Gasteiger partial charge is 0.264 e. The van der Waals surface area contributed by atoms with Crippen molar-refractivity contribution in [3.8, 4) is 0 Å². The third kappa shape index (κ3) is 3.28. The molecule has 112 valence electrons. The fraction of sp³-hybridized carbons (Fsp3) is 0.188. The van der Waals surface area contributed by atoms with Gasteiger partial charge in [0, 0.05) is 25.4 Å². The summed E-state index contributed by atoms with van der Waals surface area (Å²) in [6, 6.07) is 9.63. The molecule has 1 aliphatic rings. The number of nitrogens with one attached hydrogen (secondary N) is 1. The van der Waals surface area contributed by atoms with E-state index in [1.165, 1.54) is 12.1 Å². The highest BCUT2D eigenvalue weighted by atomic mass is 19.1. The molecule has 2 heterocycles. The van der Waals surface area contributed by atoms with Crippen molar-refractivity contribution in [1.82, 2.24) is 10.3 Å². The maximum absolute atomic E-state index is 12.9. The van der Waals surface area contributed by atoms with Gasteiger partial charge in [-0.1, -0.05) is 23.4 Å². The molecule has 0 aliphatic carbocycles. The first kappa shape index (κ1) is 14.2. The van der Waals surface area contributed by atoms with E-state index in [2.05, 4.69) is 15.5 Å².